The Balaban J connectivity index is 1.55. The second kappa shape index (κ2) is 12.3. The molecule has 1 atom stereocenters. The van der Waals surface area contributed by atoms with Crippen LogP contribution in [-0.2, 0) is 11.3 Å². The normalized spacial score (nSPS) is 16.1. The molecule has 174 valence electrons. The van der Waals surface area contributed by atoms with Crippen LogP contribution in [0, 0.1) is 5.92 Å². The Bertz CT molecular complexity index is 843. The van der Waals surface area contributed by atoms with Crippen molar-refractivity contribution in [1.82, 2.24) is 15.5 Å². The minimum Gasteiger partial charge on any atom is -0.459 e. The van der Waals surface area contributed by atoms with Crippen molar-refractivity contribution < 1.29 is 13.9 Å². The molecule has 8 heteroatoms. The zero-order valence-corrected chi connectivity index (χ0v) is 19.3. The van der Waals surface area contributed by atoms with Gasteiger partial charge in [-0.3, -0.25) is 9.69 Å². The standard InChI is InChI=1S/C24H35N5O3/c1-4-25-24(27-17-21(18(2)3)29-11-14-31-15-12-29)26-16-19-7-9-20(10-8-19)28-23(30)22-6-5-13-32-22/h5-10,13,18,21H,4,11-12,14-17H2,1-3H3,(H,28,30)(H2,25,26,27). The monoisotopic (exact) mass is 441 g/mol. The van der Waals surface area contributed by atoms with E-state index < -0.39 is 0 Å². The van der Waals surface area contributed by atoms with Gasteiger partial charge in [0.25, 0.3) is 5.91 Å². The summed E-state index contributed by atoms with van der Waals surface area (Å²) in [5.41, 5.74) is 1.78. The van der Waals surface area contributed by atoms with Crippen molar-refractivity contribution >= 4 is 17.6 Å². The highest BCUT2D eigenvalue weighted by Crippen LogP contribution is 2.14. The number of morpholine rings is 1. The van der Waals surface area contributed by atoms with Crippen molar-refractivity contribution in [3.05, 3.63) is 54.0 Å². The average Bonchev–Trinajstić information content (AvgIpc) is 3.34. The molecule has 0 saturated carbocycles. The van der Waals surface area contributed by atoms with Gasteiger partial charge in [0, 0.05) is 37.9 Å². The quantitative estimate of drug-likeness (QED) is 0.409. The Kier molecular flexibility index (Phi) is 9.13. The minimum atomic E-state index is -0.264. The summed E-state index contributed by atoms with van der Waals surface area (Å²) >= 11 is 0. The van der Waals surface area contributed by atoms with Gasteiger partial charge in [0.2, 0.25) is 0 Å². The highest BCUT2D eigenvalue weighted by molar-refractivity contribution is 6.02. The lowest BCUT2D eigenvalue weighted by Gasteiger charge is -2.37. The maximum absolute atomic E-state index is 12.1. The molecule has 1 amide bonds. The van der Waals surface area contributed by atoms with Crippen LogP contribution in [0.15, 0.2) is 52.1 Å². The van der Waals surface area contributed by atoms with E-state index in [0.29, 0.717) is 18.5 Å². The second-order valence-corrected chi connectivity index (χ2v) is 8.16. The summed E-state index contributed by atoms with van der Waals surface area (Å²) in [7, 11) is 0. The number of carbonyl (C=O) groups is 1. The molecular formula is C24H35N5O3. The van der Waals surface area contributed by atoms with Crippen molar-refractivity contribution in [2.75, 3.05) is 44.7 Å². The van der Waals surface area contributed by atoms with Crippen LogP contribution in [0.5, 0.6) is 0 Å². The lowest BCUT2D eigenvalue weighted by atomic mass is 10.0. The zero-order chi connectivity index (χ0) is 22.8. The van der Waals surface area contributed by atoms with E-state index in [4.69, 9.17) is 14.1 Å². The van der Waals surface area contributed by atoms with Gasteiger partial charge in [-0.25, -0.2) is 4.99 Å². The Labute approximate surface area is 190 Å². The molecule has 1 unspecified atom stereocenters. The number of ether oxygens (including phenoxy) is 1. The third-order valence-corrected chi connectivity index (χ3v) is 5.48. The lowest BCUT2D eigenvalue weighted by molar-refractivity contribution is 0.00752. The van der Waals surface area contributed by atoms with Crippen molar-refractivity contribution in [1.29, 1.82) is 0 Å². The molecule has 1 aromatic carbocycles. The number of hydrogen-bond acceptors (Lipinski definition) is 5. The summed E-state index contributed by atoms with van der Waals surface area (Å²) in [5, 5.41) is 9.67. The van der Waals surface area contributed by atoms with Crippen LogP contribution in [0.2, 0.25) is 0 Å². The Morgan fingerprint density at radius 2 is 1.88 bits per heavy atom. The van der Waals surface area contributed by atoms with Gasteiger partial charge in [-0.1, -0.05) is 26.0 Å². The van der Waals surface area contributed by atoms with Crippen LogP contribution >= 0.6 is 0 Å². The molecule has 3 N–H and O–H groups in total. The molecule has 0 radical (unpaired) electrons. The summed E-state index contributed by atoms with van der Waals surface area (Å²) in [4.78, 5) is 19.3. The lowest BCUT2D eigenvalue weighted by Crippen LogP contribution is -2.52. The van der Waals surface area contributed by atoms with Gasteiger partial charge < -0.3 is 25.1 Å². The Morgan fingerprint density at radius 3 is 2.50 bits per heavy atom. The first-order chi connectivity index (χ1) is 15.6. The van der Waals surface area contributed by atoms with E-state index in [-0.39, 0.29) is 11.7 Å². The number of rotatable bonds is 9. The van der Waals surface area contributed by atoms with E-state index in [1.807, 2.05) is 24.3 Å². The molecule has 2 aromatic rings. The predicted molar refractivity (Wildman–Crippen MR) is 127 cm³/mol. The summed E-state index contributed by atoms with van der Waals surface area (Å²) in [5.74, 6) is 1.37. The molecule has 3 rings (SSSR count). The largest absolute Gasteiger partial charge is 0.459 e. The number of hydrogen-bond donors (Lipinski definition) is 3. The molecule has 8 nitrogen and oxygen atoms in total. The molecule has 0 aliphatic carbocycles. The maximum Gasteiger partial charge on any atom is 0.291 e. The van der Waals surface area contributed by atoms with Gasteiger partial charge in [0.05, 0.1) is 26.0 Å². The molecule has 1 fully saturated rings. The van der Waals surface area contributed by atoms with Crippen LogP contribution in [0.25, 0.3) is 0 Å². The molecule has 0 spiro atoms. The van der Waals surface area contributed by atoms with Gasteiger partial charge in [0.15, 0.2) is 11.7 Å². The number of furan rings is 1. The SMILES string of the molecule is CCNC(=NCc1ccc(NC(=O)c2ccco2)cc1)NCC(C(C)C)N1CCOCC1. The van der Waals surface area contributed by atoms with Crippen LogP contribution < -0.4 is 16.0 Å². The first kappa shape index (κ1) is 23.8. The Morgan fingerprint density at radius 1 is 1.12 bits per heavy atom. The first-order valence-corrected chi connectivity index (χ1v) is 11.3. The third-order valence-electron chi connectivity index (χ3n) is 5.48. The van der Waals surface area contributed by atoms with Gasteiger partial charge in [-0.15, -0.1) is 0 Å². The smallest absolute Gasteiger partial charge is 0.291 e. The van der Waals surface area contributed by atoms with E-state index in [9.17, 15) is 4.79 Å². The predicted octanol–water partition coefficient (Wildman–Crippen LogP) is 2.94. The van der Waals surface area contributed by atoms with Crippen LogP contribution in [-0.4, -0.2) is 62.2 Å². The van der Waals surface area contributed by atoms with Crippen LogP contribution in [0.1, 0.15) is 36.9 Å². The number of carbonyl (C=O) groups excluding carboxylic acids is 1. The molecule has 1 saturated heterocycles. The fourth-order valence-electron chi connectivity index (χ4n) is 3.70. The summed E-state index contributed by atoms with van der Waals surface area (Å²) in [6.45, 7) is 12.3. The van der Waals surface area contributed by atoms with E-state index in [1.165, 1.54) is 6.26 Å². The Hall–Kier alpha value is -2.84. The van der Waals surface area contributed by atoms with Gasteiger partial charge >= 0.3 is 0 Å². The van der Waals surface area contributed by atoms with E-state index in [0.717, 1.165) is 56.6 Å². The summed E-state index contributed by atoms with van der Waals surface area (Å²) in [6, 6.07) is 11.4. The number of anilines is 1. The van der Waals surface area contributed by atoms with Gasteiger partial charge in [0.1, 0.15) is 0 Å². The number of benzene rings is 1. The zero-order valence-electron chi connectivity index (χ0n) is 19.3. The first-order valence-electron chi connectivity index (χ1n) is 11.3. The summed E-state index contributed by atoms with van der Waals surface area (Å²) < 4.78 is 10.6. The number of guanidine groups is 1. The van der Waals surface area contributed by atoms with Crippen LogP contribution in [0.3, 0.4) is 0 Å². The third kappa shape index (κ3) is 7.10. The molecule has 2 heterocycles. The van der Waals surface area contributed by atoms with Crippen molar-refractivity contribution in [2.24, 2.45) is 10.9 Å². The molecule has 1 aromatic heterocycles. The van der Waals surface area contributed by atoms with Crippen molar-refractivity contribution in [2.45, 2.75) is 33.4 Å². The highest BCUT2D eigenvalue weighted by atomic mass is 16.5. The minimum absolute atomic E-state index is 0.264. The van der Waals surface area contributed by atoms with Crippen molar-refractivity contribution in [3.8, 4) is 0 Å². The topological polar surface area (TPSA) is 91.1 Å². The second-order valence-electron chi connectivity index (χ2n) is 8.16. The molecule has 1 aliphatic rings. The molecule has 0 bridgehead atoms. The molecular weight excluding hydrogens is 406 g/mol. The van der Waals surface area contributed by atoms with Gasteiger partial charge in [-0.05, 0) is 42.7 Å². The van der Waals surface area contributed by atoms with Crippen molar-refractivity contribution in [3.63, 3.8) is 0 Å². The van der Waals surface area contributed by atoms with Gasteiger partial charge in [-0.2, -0.15) is 0 Å². The maximum atomic E-state index is 12.1. The molecule has 32 heavy (non-hydrogen) atoms. The van der Waals surface area contributed by atoms with E-state index in [2.05, 4.69) is 41.6 Å². The van der Waals surface area contributed by atoms with E-state index >= 15 is 0 Å². The van der Waals surface area contributed by atoms with Crippen LogP contribution in [0.4, 0.5) is 5.69 Å². The number of aliphatic imine (C=N–C) groups is 1. The number of nitrogens with zero attached hydrogens (tertiary/aromatic N) is 2. The number of nitrogens with one attached hydrogen (secondary N) is 3. The molecule has 1 aliphatic heterocycles. The highest BCUT2D eigenvalue weighted by Gasteiger charge is 2.23. The average molecular weight is 442 g/mol. The number of amides is 1. The van der Waals surface area contributed by atoms with E-state index in [1.54, 1.807) is 12.1 Å². The fraction of sp³-hybridized carbons (Fsp3) is 0.500. The summed E-state index contributed by atoms with van der Waals surface area (Å²) in [6.07, 6.45) is 1.48. The fourth-order valence-corrected chi connectivity index (χ4v) is 3.70.